The van der Waals surface area contributed by atoms with E-state index in [0.717, 1.165) is 31.7 Å². The van der Waals surface area contributed by atoms with Crippen LogP contribution in [0.15, 0.2) is 54.9 Å². The number of nitrogens with zero attached hydrogens (tertiary/aromatic N) is 2. The van der Waals surface area contributed by atoms with E-state index in [0.29, 0.717) is 13.0 Å². The predicted molar refractivity (Wildman–Crippen MR) is 90.1 cm³/mol. The summed E-state index contributed by atoms with van der Waals surface area (Å²) in [6, 6.07) is 14.3. The van der Waals surface area contributed by atoms with Gasteiger partial charge in [-0.1, -0.05) is 30.3 Å². The fourth-order valence-corrected chi connectivity index (χ4v) is 3.09. The third kappa shape index (κ3) is 4.61. The first-order chi connectivity index (χ1) is 11.3. The highest BCUT2D eigenvalue weighted by Crippen LogP contribution is 2.22. The summed E-state index contributed by atoms with van der Waals surface area (Å²) in [7, 11) is 0. The van der Waals surface area contributed by atoms with Crippen molar-refractivity contribution in [3.05, 3.63) is 66.0 Å². The molecule has 4 heteroatoms. The van der Waals surface area contributed by atoms with Crippen LogP contribution in [0.1, 0.15) is 23.7 Å². The topological polar surface area (TPSA) is 45.6 Å². The number of aromatic nitrogens is 1. The lowest BCUT2D eigenvalue weighted by molar-refractivity contribution is -0.0255. The van der Waals surface area contributed by atoms with Gasteiger partial charge in [-0.2, -0.15) is 0 Å². The number of pyridine rings is 1. The van der Waals surface area contributed by atoms with Gasteiger partial charge in [0.1, 0.15) is 0 Å². The molecule has 2 atom stereocenters. The summed E-state index contributed by atoms with van der Waals surface area (Å²) in [5.41, 5.74) is 2.28. The molecule has 1 aliphatic rings. The number of aliphatic hydroxyl groups is 1. The molecule has 4 nitrogen and oxygen atoms in total. The van der Waals surface area contributed by atoms with Crippen molar-refractivity contribution in [2.24, 2.45) is 0 Å². The molecule has 0 amide bonds. The number of rotatable bonds is 6. The van der Waals surface area contributed by atoms with Gasteiger partial charge < -0.3 is 9.84 Å². The van der Waals surface area contributed by atoms with Gasteiger partial charge in [0.05, 0.1) is 19.3 Å². The van der Waals surface area contributed by atoms with Gasteiger partial charge in [-0.25, -0.2) is 0 Å². The van der Waals surface area contributed by atoms with Crippen LogP contribution in [-0.4, -0.2) is 47.3 Å². The smallest absolute Gasteiger partial charge is 0.0805 e. The second-order valence-electron chi connectivity index (χ2n) is 6.03. The second-order valence-corrected chi connectivity index (χ2v) is 6.03. The molecular weight excluding hydrogens is 288 g/mol. The standard InChI is InChI=1S/C19H24N2O2/c22-19(17-4-2-1-3-5-17)14-18-15-23-13-12-21(18)11-8-16-6-9-20-10-7-16/h1-7,9-10,18-19,22H,8,11-15H2. The Morgan fingerprint density at radius 2 is 1.96 bits per heavy atom. The number of ether oxygens (including phenoxy) is 1. The molecule has 122 valence electrons. The van der Waals surface area contributed by atoms with Crippen molar-refractivity contribution >= 4 is 0 Å². The maximum Gasteiger partial charge on any atom is 0.0805 e. The molecule has 2 unspecified atom stereocenters. The molecule has 0 aliphatic carbocycles. The number of hydrogen-bond acceptors (Lipinski definition) is 4. The van der Waals surface area contributed by atoms with E-state index in [-0.39, 0.29) is 6.04 Å². The van der Waals surface area contributed by atoms with Gasteiger partial charge in [-0.05, 0) is 36.1 Å². The Morgan fingerprint density at radius 1 is 1.17 bits per heavy atom. The van der Waals surface area contributed by atoms with E-state index in [4.69, 9.17) is 4.74 Å². The number of aliphatic hydroxyl groups excluding tert-OH is 1. The van der Waals surface area contributed by atoms with E-state index in [2.05, 4.69) is 22.0 Å². The zero-order valence-corrected chi connectivity index (χ0v) is 13.3. The largest absolute Gasteiger partial charge is 0.388 e. The second kappa shape index (κ2) is 8.20. The van der Waals surface area contributed by atoms with Gasteiger partial charge in [0.15, 0.2) is 0 Å². The molecule has 1 aromatic carbocycles. The quantitative estimate of drug-likeness (QED) is 0.890. The highest BCUT2D eigenvalue weighted by molar-refractivity contribution is 5.17. The first-order valence-corrected chi connectivity index (χ1v) is 8.26. The molecular formula is C19H24N2O2. The van der Waals surface area contributed by atoms with Crippen molar-refractivity contribution in [1.82, 2.24) is 9.88 Å². The first kappa shape index (κ1) is 16.1. The summed E-state index contributed by atoms with van der Waals surface area (Å²) < 4.78 is 5.64. The summed E-state index contributed by atoms with van der Waals surface area (Å²) in [4.78, 5) is 6.50. The van der Waals surface area contributed by atoms with Crippen molar-refractivity contribution in [1.29, 1.82) is 0 Å². The Balaban J connectivity index is 1.58. The first-order valence-electron chi connectivity index (χ1n) is 8.26. The number of hydrogen-bond donors (Lipinski definition) is 1. The zero-order valence-electron chi connectivity index (χ0n) is 13.3. The van der Waals surface area contributed by atoms with Crippen LogP contribution in [0.3, 0.4) is 0 Å². The van der Waals surface area contributed by atoms with E-state index >= 15 is 0 Å². The van der Waals surface area contributed by atoms with Gasteiger partial charge >= 0.3 is 0 Å². The van der Waals surface area contributed by atoms with Gasteiger partial charge in [-0.3, -0.25) is 9.88 Å². The molecule has 2 heterocycles. The summed E-state index contributed by atoms with van der Waals surface area (Å²) in [6.07, 6.45) is 4.95. The molecule has 0 radical (unpaired) electrons. The van der Waals surface area contributed by atoms with Crippen LogP contribution >= 0.6 is 0 Å². The minimum atomic E-state index is -0.439. The molecule has 23 heavy (non-hydrogen) atoms. The SMILES string of the molecule is OC(CC1COCCN1CCc1ccncc1)c1ccccc1. The van der Waals surface area contributed by atoms with Crippen LogP contribution in [0.25, 0.3) is 0 Å². The maximum absolute atomic E-state index is 10.5. The Bertz CT molecular complexity index is 576. The van der Waals surface area contributed by atoms with Gasteiger partial charge in [-0.15, -0.1) is 0 Å². The minimum absolute atomic E-state index is 0.265. The van der Waals surface area contributed by atoms with Crippen LogP contribution in [0.2, 0.25) is 0 Å². The van der Waals surface area contributed by atoms with Crippen molar-refractivity contribution in [3.63, 3.8) is 0 Å². The van der Waals surface area contributed by atoms with Crippen molar-refractivity contribution in [3.8, 4) is 0 Å². The molecule has 0 saturated carbocycles. The molecule has 3 rings (SSSR count). The van der Waals surface area contributed by atoms with E-state index < -0.39 is 6.10 Å². The lowest BCUT2D eigenvalue weighted by Crippen LogP contribution is -2.46. The molecule has 0 bridgehead atoms. The van der Waals surface area contributed by atoms with Gasteiger partial charge in [0.25, 0.3) is 0 Å². The third-order valence-electron chi connectivity index (χ3n) is 4.47. The Morgan fingerprint density at radius 3 is 2.74 bits per heavy atom. The van der Waals surface area contributed by atoms with Crippen molar-refractivity contribution in [2.45, 2.75) is 25.0 Å². The molecule has 2 aromatic rings. The Kier molecular flexibility index (Phi) is 5.75. The highest BCUT2D eigenvalue weighted by atomic mass is 16.5. The third-order valence-corrected chi connectivity index (χ3v) is 4.47. The lowest BCUT2D eigenvalue weighted by Gasteiger charge is -2.36. The Hall–Kier alpha value is -1.75. The van der Waals surface area contributed by atoms with Crippen molar-refractivity contribution < 1.29 is 9.84 Å². The summed E-state index contributed by atoms with van der Waals surface area (Å²) in [5, 5.41) is 10.5. The average molecular weight is 312 g/mol. The van der Waals surface area contributed by atoms with Crippen LogP contribution in [0, 0.1) is 0 Å². The monoisotopic (exact) mass is 312 g/mol. The predicted octanol–water partition coefficient (Wildman–Crippen LogP) is 2.45. The summed E-state index contributed by atoms with van der Waals surface area (Å²) >= 11 is 0. The van der Waals surface area contributed by atoms with Gasteiger partial charge in [0, 0.05) is 31.5 Å². The van der Waals surface area contributed by atoms with Crippen LogP contribution in [0.5, 0.6) is 0 Å². The van der Waals surface area contributed by atoms with Crippen LogP contribution < -0.4 is 0 Å². The Labute approximate surface area is 137 Å². The van der Waals surface area contributed by atoms with E-state index in [9.17, 15) is 5.11 Å². The minimum Gasteiger partial charge on any atom is -0.388 e. The van der Waals surface area contributed by atoms with E-state index in [1.807, 2.05) is 42.7 Å². The fraction of sp³-hybridized carbons (Fsp3) is 0.421. The molecule has 1 aromatic heterocycles. The number of benzene rings is 1. The molecule has 1 saturated heterocycles. The molecule has 0 spiro atoms. The highest BCUT2D eigenvalue weighted by Gasteiger charge is 2.25. The van der Waals surface area contributed by atoms with Crippen molar-refractivity contribution in [2.75, 3.05) is 26.3 Å². The lowest BCUT2D eigenvalue weighted by atomic mass is 10.0. The normalized spacial score (nSPS) is 20.3. The zero-order chi connectivity index (χ0) is 15.9. The molecule has 1 N–H and O–H groups in total. The maximum atomic E-state index is 10.5. The summed E-state index contributed by atoms with van der Waals surface area (Å²) in [6.45, 7) is 3.38. The van der Waals surface area contributed by atoms with E-state index in [1.54, 1.807) is 0 Å². The van der Waals surface area contributed by atoms with Gasteiger partial charge in [0.2, 0.25) is 0 Å². The molecule has 1 aliphatic heterocycles. The van der Waals surface area contributed by atoms with E-state index in [1.165, 1.54) is 5.56 Å². The van der Waals surface area contributed by atoms with Crippen LogP contribution in [-0.2, 0) is 11.2 Å². The average Bonchev–Trinajstić information content (AvgIpc) is 2.62. The summed E-state index contributed by atoms with van der Waals surface area (Å²) in [5.74, 6) is 0. The molecule has 1 fully saturated rings. The number of morpholine rings is 1. The fourth-order valence-electron chi connectivity index (χ4n) is 3.09. The van der Waals surface area contributed by atoms with Crippen LogP contribution in [0.4, 0.5) is 0 Å².